The molecule has 150 valence electrons. The van der Waals surface area contributed by atoms with Crippen LogP contribution in [0.15, 0.2) is 29.2 Å². The highest BCUT2D eigenvalue weighted by Crippen LogP contribution is 2.27. The standard InChI is InChI=1S/C19H29N3O4S/c1-2-26-17-3-5-18(6-4-17)27(24,25)22-13-7-15(8-14-22)19(23)21-11-9-16(20)10-12-21/h3-6,15-16H,2,7-14,20H2,1H3. The van der Waals surface area contributed by atoms with Crippen LogP contribution in [-0.4, -0.2) is 62.4 Å². The summed E-state index contributed by atoms with van der Waals surface area (Å²) in [5.41, 5.74) is 5.90. The number of benzene rings is 1. The van der Waals surface area contributed by atoms with Gasteiger partial charge in [-0.15, -0.1) is 0 Å². The highest BCUT2D eigenvalue weighted by atomic mass is 32.2. The quantitative estimate of drug-likeness (QED) is 0.814. The van der Waals surface area contributed by atoms with Gasteiger partial charge < -0.3 is 15.4 Å². The maximum absolute atomic E-state index is 12.8. The molecule has 0 unspecified atom stereocenters. The molecule has 2 aliphatic heterocycles. The molecule has 0 aliphatic carbocycles. The van der Waals surface area contributed by atoms with Crippen LogP contribution in [0.1, 0.15) is 32.6 Å². The van der Waals surface area contributed by atoms with Gasteiger partial charge in [0.1, 0.15) is 5.75 Å². The summed E-state index contributed by atoms with van der Waals surface area (Å²) in [6.07, 6.45) is 2.82. The second-order valence-corrected chi connectivity index (χ2v) is 9.18. The first-order chi connectivity index (χ1) is 12.9. The number of piperidine rings is 2. The topological polar surface area (TPSA) is 92.9 Å². The Morgan fingerprint density at radius 1 is 1.07 bits per heavy atom. The zero-order valence-electron chi connectivity index (χ0n) is 15.8. The van der Waals surface area contributed by atoms with Crippen LogP contribution < -0.4 is 10.5 Å². The summed E-state index contributed by atoms with van der Waals surface area (Å²) in [6.45, 7) is 4.60. The zero-order valence-corrected chi connectivity index (χ0v) is 16.7. The molecule has 1 aromatic carbocycles. The molecule has 2 N–H and O–H groups in total. The normalized spacial score (nSPS) is 20.6. The number of nitrogens with zero attached hydrogens (tertiary/aromatic N) is 2. The van der Waals surface area contributed by atoms with Crippen molar-refractivity contribution in [2.45, 2.75) is 43.5 Å². The van der Waals surface area contributed by atoms with Crippen LogP contribution in [-0.2, 0) is 14.8 Å². The van der Waals surface area contributed by atoms with Gasteiger partial charge in [0.25, 0.3) is 0 Å². The van der Waals surface area contributed by atoms with E-state index in [1.807, 2.05) is 11.8 Å². The van der Waals surface area contributed by atoms with Gasteiger partial charge in [-0.3, -0.25) is 4.79 Å². The first-order valence-corrected chi connectivity index (χ1v) is 11.1. The number of sulfonamides is 1. The third-order valence-electron chi connectivity index (χ3n) is 5.43. The Morgan fingerprint density at radius 2 is 1.67 bits per heavy atom. The minimum absolute atomic E-state index is 0.0916. The number of likely N-dealkylation sites (tertiary alicyclic amines) is 1. The molecule has 0 spiro atoms. The first-order valence-electron chi connectivity index (χ1n) is 9.69. The molecule has 3 rings (SSSR count). The fourth-order valence-electron chi connectivity index (χ4n) is 3.74. The van der Waals surface area contributed by atoms with Crippen molar-refractivity contribution in [1.82, 2.24) is 9.21 Å². The smallest absolute Gasteiger partial charge is 0.243 e. The molecule has 0 saturated carbocycles. The van der Waals surface area contributed by atoms with Crippen LogP contribution in [0, 0.1) is 5.92 Å². The second kappa shape index (κ2) is 8.58. The van der Waals surface area contributed by atoms with Crippen LogP contribution in [0.2, 0.25) is 0 Å². The Hall–Kier alpha value is -1.64. The highest BCUT2D eigenvalue weighted by Gasteiger charge is 2.34. The monoisotopic (exact) mass is 395 g/mol. The van der Waals surface area contributed by atoms with E-state index in [2.05, 4.69) is 0 Å². The van der Waals surface area contributed by atoms with Gasteiger partial charge >= 0.3 is 0 Å². The molecule has 1 aromatic rings. The molecule has 2 heterocycles. The molecule has 0 radical (unpaired) electrons. The molecule has 1 amide bonds. The van der Waals surface area contributed by atoms with Crippen molar-refractivity contribution in [3.63, 3.8) is 0 Å². The number of carbonyl (C=O) groups excluding carboxylic acids is 1. The Bertz CT molecular complexity index is 735. The van der Waals surface area contributed by atoms with Crippen molar-refractivity contribution >= 4 is 15.9 Å². The van der Waals surface area contributed by atoms with E-state index in [0.717, 1.165) is 12.8 Å². The number of ether oxygens (including phenoxy) is 1. The van der Waals surface area contributed by atoms with Gasteiger partial charge in [-0.1, -0.05) is 0 Å². The second-order valence-electron chi connectivity index (χ2n) is 7.25. The van der Waals surface area contributed by atoms with E-state index in [9.17, 15) is 13.2 Å². The van der Waals surface area contributed by atoms with E-state index in [-0.39, 0.29) is 22.8 Å². The average molecular weight is 396 g/mol. The zero-order chi connectivity index (χ0) is 19.4. The van der Waals surface area contributed by atoms with Gasteiger partial charge in [-0.25, -0.2) is 8.42 Å². The van der Waals surface area contributed by atoms with Gasteiger partial charge in [0.15, 0.2) is 0 Å². The van der Waals surface area contributed by atoms with Gasteiger partial charge in [-0.05, 0) is 56.9 Å². The predicted octanol–water partition coefficient (Wildman–Crippen LogP) is 1.44. The summed E-state index contributed by atoms with van der Waals surface area (Å²) in [6, 6.07) is 6.69. The first kappa shape index (κ1) is 20.1. The molecule has 2 fully saturated rings. The molecule has 7 nitrogen and oxygen atoms in total. The molecular weight excluding hydrogens is 366 g/mol. The fraction of sp³-hybridized carbons (Fsp3) is 0.632. The number of rotatable bonds is 5. The molecule has 2 saturated heterocycles. The van der Waals surface area contributed by atoms with Crippen molar-refractivity contribution in [2.75, 3.05) is 32.8 Å². The van der Waals surface area contributed by atoms with Gasteiger partial charge in [0.2, 0.25) is 15.9 Å². The number of hydrogen-bond donors (Lipinski definition) is 1. The van der Waals surface area contributed by atoms with E-state index >= 15 is 0 Å². The molecule has 8 heteroatoms. The molecule has 2 aliphatic rings. The SMILES string of the molecule is CCOc1ccc(S(=O)(=O)N2CCC(C(=O)N3CCC(N)CC3)CC2)cc1. The number of carbonyl (C=O) groups is 1. The fourth-order valence-corrected chi connectivity index (χ4v) is 5.21. The van der Waals surface area contributed by atoms with Crippen molar-refractivity contribution in [2.24, 2.45) is 11.7 Å². The van der Waals surface area contributed by atoms with E-state index in [0.29, 0.717) is 51.4 Å². The van der Waals surface area contributed by atoms with Crippen molar-refractivity contribution in [3.8, 4) is 5.75 Å². The summed E-state index contributed by atoms with van der Waals surface area (Å²) in [4.78, 5) is 14.8. The lowest BCUT2D eigenvalue weighted by molar-refractivity contribution is -0.137. The number of hydrogen-bond acceptors (Lipinski definition) is 5. The van der Waals surface area contributed by atoms with Crippen LogP contribution in [0.25, 0.3) is 0 Å². The molecule has 0 aromatic heterocycles. The maximum atomic E-state index is 12.8. The van der Waals surface area contributed by atoms with E-state index in [1.165, 1.54) is 4.31 Å². The Labute approximate surface area is 161 Å². The molecule has 27 heavy (non-hydrogen) atoms. The number of nitrogens with two attached hydrogens (primary N) is 1. The van der Waals surface area contributed by atoms with Crippen molar-refractivity contribution < 1.29 is 17.9 Å². The Kier molecular flexibility index (Phi) is 6.39. The average Bonchev–Trinajstić information content (AvgIpc) is 2.69. The largest absolute Gasteiger partial charge is 0.494 e. The van der Waals surface area contributed by atoms with Crippen molar-refractivity contribution in [3.05, 3.63) is 24.3 Å². The minimum Gasteiger partial charge on any atom is -0.494 e. The Morgan fingerprint density at radius 3 is 2.22 bits per heavy atom. The van der Waals surface area contributed by atoms with Crippen LogP contribution in [0.4, 0.5) is 0 Å². The van der Waals surface area contributed by atoms with Gasteiger partial charge in [-0.2, -0.15) is 4.31 Å². The molecule has 0 atom stereocenters. The predicted molar refractivity (Wildman–Crippen MR) is 103 cm³/mol. The Balaban J connectivity index is 1.58. The van der Waals surface area contributed by atoms with Gasteiger partial charge in [0.05, 0.1) is 11.5 Å². The minimum atomic E-state index is -3.54. The lowest BCUT2D eigenvalue weighted by Gasteiger charge is -2.36. The van der Waals surface area contributed by atoms with E-state index in [1.54, 1.807) is 24.3 Å². The maximum Gasteiger partial charge on any atom is 0.243 e. The van der Waals surface area contributed by atoms with E-state index < -0.39 is 10.0 Å². The lowest BCUT2D eigenvalue weighted by atomic mass is 9.95. The third kappa shape index (κ3) is 4.62. The summed E-state index contributed by atoms with van der Waals surface area (Å²) < 4.78 is 32.5. The molecule has 0 bridgehead atoms. The van der Waals surface area contributed by atoms with Crippen LogP contribution in [0.3, 0.4) is 0 Å². The summed E-state index contributed by atoms with van der Waals surface area (Å²) in [5, 5.41) is 0. The third-order valence-corrected chi connectivity index (χ3v) is 7.34. The van der Waals surface area contributed by atoms with Crippen LogP contribution in [0.5, 0.6) is 5.75 Å². The summed E-state index contributed by atoms with van der Waals surface area (Å²) in [7, 11) is -3.54. The van der Waals surface area contributed by atoms with Gasteiger partial charge in [0, 0.05) is 38.1 Å². The van der Waals surface area contributed by atoms with E-state index in [4.69, 9.17) is 10.5 Å². The van der Waals surface area contributed by atoms with Crippen LogP contribution >= 0.6 is 0 Å². The summed E-state index contributed by atoms with van der Waals surface area (Å²) in [5.74, 6) is 0.716. The van der Waals surface area contributed by atoms with Crippen molar-refractivity contribution in [1.29, 1.82) is 0 Å². The number of amides is 1. The summed E-state index contributed by atoms with van der Waals surface area (Å²) >= 11 is 0. The highest BCUT2D eigenvalue weighted by molar-refractivity contribution is 7.89. The lowest BCUT2D eigenvalue weighted by Crippen LogP contribution is -2.48. The molecular formula is C19H29N3O4S.